The van der Waals surface area contributed by atoms with Crippen LogP contribution in [0.3, 0.4) is 0 Å². The first kappa shape index (κ1) is 17.5. The predicted molar refractivity (Wildman–Crippen MR) is 89.8 cm³/mol. The van der Waals surface area contributed by atoms with Crippen LogP contribution in [0.25, 0.3) is 0 Å². The van der Waals surface area contributed by atoms with Crippen molar-refractivity contribution >= 4 is 29.9 Å². The van der Waals surface area contributed by atoms with Gasteiger partial charge < -0.3 is 10.0 Å². The molecule has 1 aromatic carbocycles. The molecule has 1 aliphatic carbocycles. The molecule has 0 bridgehead atoms. The summed E-state index contributed by atoms with van der Waals surface area (Å²) in [6, 6.07) is 7.04. The van der Waals surface area contributed by atoms with Gasteiger partial charge in [0.15, 0.2) is 0 Å². The van der Waals surface area contributed by atoms with Gasteiger partial charge in [0.05, 0.1) is 6.10 Å². The van der Waals surface area contributed by atoms with Crippen molar-refractivity contribution in [2.75, 3.05) is 32.7 Å². The van der Waals surface area contributed by atoms with Crippen molar-refractivity contribution in [3.8, 4) is 0 Å². The largest absolute Gasteiger partial charge is 0.392 e. The Morgan fingerprint density at radius 3 is 2.32 bits per heavy atom. The van der Waals surface area contributed by atoms with E-state index in [4.69, 9.17) is 11.6 Å². The molecule has 1 aliphatic heterocycles. The number of carbonyl (C=O) groups is 1. The van der Waals surface area contributed by atoms with Gasteiger partial charge in [0, 0.05) is 43.3 Å². The molecule has 0 radical (unpaired) electrons. The molecular weight excluding hydrogens is 323 g/mol. The van der Waals surface area contributed by atoms with Crippen molar-refractivity contribution in [1.29, 1.82) is 0 Å². The minimum Gasteiger partial charge on any atom is -0.392 e. The number of benzene rings is 1. The Morgan fingerprint density at radius 2 is 1.77 bits per heavy atom. The van der Waals surface area contributed by atoms with Crippen LogP contribution in [0.4, 0.5) is 0 Å². The number of nitrogens with zero attached hydrogens (tertiary/aromatic N) is 2. The molecule has 1 atom stereocenters. The van der Waals surface area contributed by atoms with E-state index in [1.165, 1.54) is 0 Å². The molecule has 1 N–H and O–H groups in total. The summed E-state index contributed by atoms with van der Waals surface area (Å²) in [6.45, 7) is 3.86. The third kappa shape index (κ3) is 4.35. The molecule has 2 fully saturated rings. The molecule has 1 aromatic rings. The van der Waals surface area contributed by atoms with Crippen LogP contribution in [-0.4, -0.2) is 59.6 Å². The molecular formula is C16H22Cl2N2O2. The highest BCUT2D eigenvalue weighted by Crippen LogP contribution is 2.32. The Kier molecular flexibility index (Phi) is 6.09. The van der Waals surface area contributed by atoms with E-state index in [2.05, 4.69) is 4.90 Å². The van der Waals surface area contributed by atoms with Gasteiger partial charge >= 0.3 is 0 Å². The van der Waals surface area contributed by atoms with Crippen molar-refractivity contribution in [3.05, 3.63) is 34.9 Å². The second-order valence-electron chi connectivity index (χ2n) is 6.00. The molecule has 1 saturated carbocycles. The molecule has 1 saturated heterocycles. The van der Waals surface area contributed by atoms with E-state index in [0.717, 1.165) is 45.6 Å². The highest BCUT2D eigenvalue weighted by molar-refractivity contribution is 6.30. The monoisotopic (exact) mass is 344 g/mol. The standard InChI is InChI=1S/C16H21ClN2O2.ClH/c17-14-5-3-13(4-6-14)16(21)19-9-7-18(8-10-19)11-15(20)12-1-2-12;/h3-6,12,15,20H,1-2,7-11H2;1H. The van der Waals surface area contributed by atoms with Gasteiger partial charge in [0.2, 0.25) is 0 Å². The second-order valence-corrected chi connectivity index (χ2v) is 6.44. The number of β-amino-alcohol motifs (C(OH)–C–C–N with tert-alkyl or cyclic N) is 1. The number of hydrogen-bond acceptors (Lipinski definition) is 3. The van der Waals surface area contributed by atoms with Gasteiger partial charge in [-0.3, -0.25) is 9.69 Å². The third-order valence-corrected chi connectivity index (χ3v) is 4.61. The van der Waals surface area contributed by atoms with Crippen molar-refractivity contribution in [1.82, 2.24) is 9.80 Å². The summed E-state index contributed by atoms with van der Waals surface area (Å²) in [4.78, 5) is 16.5. The molecule has 1 unspecified atom stereocenters. The zero-order valence-corrected chi connectivity index (χ0v) is 14.0. The number of amides is 1. The lowest BCUT2D eigenvalue weighted by molar-refractivity contribution is 0.0488. The van der Waals surface area contributed by atoms with Gasteiger partial charge in [-0.1, -0.05) is 11.6 Å². The number of rotatable bonds is 4. The van der Waals surface area contributed by atoms with Crippen molar-refractivity contribution in [2.45, 2.75) is 18.9 Å². The highest BCUT2D eigenvalue weighted by Gasteiger charge is 2.32. The molecule has 4 nitrogen and oxygen atoms in total. The molecule has 0 aromatic heterocycles. The first-order valence-corrected chi connectivity index (χ1v) is 7.96. The fourth-order valence-electron chi connectivity index (χ4n) is 2.80. The Balaban J connectivity index is 0.00000176. The molecule has 2 aliphatic rings. The smallest absolute Gasteiger partial charge is 0.253 e. The summed E-state index contributed by atoms with van der Waals surface area (Å²) in [6.07, 6.45) is 2.13. The van der Waals surface area contributed by atoms with Crippen molar-refractivity contribution in [2.24, 2.45) is 5.92 Å². The predicted octanol–water partition coefficient (Wildman–Crippen LogP) is 2.29. The second kappa shape index (κ2) is 7.64. The van der Waals surface area contributed by atoms with Crippen LogP contribution in [0.2, 0.25) is 5.02 Å². The van der Waals surface area contributed by atoms with E-state index < -0.39 is 0 Å². The SMILES string of the molecule is Cl.O=C(c1ccc(Cl)cc1)N1CCN(CC(O)C2CC2)CC1. The van der Waals surface area contributed by atoms with Crippen molar-refractivity contribution < 1.29 is 9.90 Å². The minimum absolute atomic E-state index is 0. The first-order valence-electron chi connectivity index (χ1n) is 7.59. The summed E-state index contributed by atoms with van der Waals surface area (Å²) in [5.41, 5.74) is 0.686. The number of piperazine rings is 1. The van der Waals surface area contributed by atoms with Crippen LogP contribution in [0.5, 0.6) is 0 Å². The summed E-state index contributed by atoms with van der Waals surface area (Å²) >= 11 is 5.85. The molecule has 1 amide bonds. The zero-order chi connectivity index (χ0) is 14.8. The molecule has 6 heteroatoms. The molecule has 0 spiro atoms. The Bertz CT molecular complexity index is 497. The molecule has 1 heterocycles. The topological polar surface area (TPSA) is 43.8 Å². The van der Waals surface area contributed by atoms with Crippen LogP contribution in [0.1, 0.15) is 23.2 Å². The molecule has 22 heavy (non-hydrogen) atoms. The lowest BCUT2D eigenvalue weighted by Crippen LogP contribution is -2.50. The highest BCUT2D eigenvalue weighted by atomic mass is 35.5. The summed E-state index contributed by atoms with van der Waals surface area (Å²) in [5, 5.41) is 10.6. The minimum atomic E-state index is -0.191. The Hall–Kier alpha value is -0.810. The third-order valence-electron chi connectivity index (χ3n) is 4.36. The number of carbonyl (C=O) groups excluding carboxylic acids is 1. The fourth-order valence-corrected chi connectivity index (χ4v) is 2.93. The number of halogens is 2. The summed E-state index contributed by atoms with van der Waals surface area (Å²) in [5.74, 6) is 0.577. The zero-order valence-electron chi connectivity index (χ0n) is 12.4. The molecule has 122 valence electrons. The van der Waals surface area contributed by atoms with Crippen LogP contribution in [0, 0.1) is 5.92 Å². The van der Waals surface area contributed by atoms with Gasteiger partial charge in [-0.25, -0.2) is 0 Å². The number of hydrogen-bond donors (Lipinski definition) is 1. The van der Waals surface area contributed by atoms with E-state index in [9.17, 15) is 9.90 Å². The van der Waals surface area contributed by atoms with E-state index in [-0.39, 0.29) is 24.4 Å². The van der Waals surface area contributed by atoms with E-state index >= 15 is 0 Å². The maximum atomic E-state index is 12.4. The van der Waals surface area contributed by atoms with Crippen LogP contribution in [0.15, 0.2) is 24.3 Å². The van der Waals surface area contributed by atoms with Gasteiger partial charge in [-0.2, -0.15) is 0 Å². The maximum absolute atomic E-state index is 12.4. The lowest BCUT2D eigenvalue weighted by Gasteiger charge is -2.35. The normalized spacial score (nSPS) is 20.4. The average molecular weight is 345 g/mol. The summed E-state index contributed by atoms with van der Waals surface area (Å²) < 4.78 is 0. The van der Waals surface area contributed by atoms with Gasteiger partial charge in [0.25, 0.3) is 5.91 Å². The van der Waals surface area contributed by atoms with E-state index in [1.54, 1.807) is 24.3 Å². The number of aliphatic hydroxyl groups is 1. The lowest BCUT2D eigenvalue weighted by atomic mass is 10.1. The Morgan fingerprint density at radius 1 is 1.18 bits per heavy atom. The Labute approximate surface area is 142 Å². The van der Waals surface area contributed by atoms with E-state index in [1.807, 2.05) is 4.90 Å². The van der Waals surface area contributed by atoms with Gasteiger partial charge in [-0.05, 0) is 43.0 Å². The molecule has 3 rings (SSSR count). The van der Waals surface area contributed by atoms with Crippen molar-refractivity contribution in [3.63, 3.8) is 0 Å². The first-order chi connectivity index (χ1) is 10.1. The average Bonchev–Trinajstić information content (AvgIpc) is 3.33. The number of aliphatic hydroxyl groups excluding tert-OH is 1. The van der Waals surface area contributed by atoms with Crippen LogP contribution in [-0.2, 0) is 0 Å². The van der Waals surface area contributed by atoms with Gasteiger partial charge in [-0.15, -0.1) is 12.4 Å². The summed E-state index contributed by atoms with van der Waals surface area (Å²) in [7, 11) is 0. The van der Waals surface area contributed by atoms with Gasteiger partial charge in [0.1, 0.15) is 0 Å². The quantitative estimate of drug-likeness (QED) is 0.911. The fraction of sp³-hybridized carbons (Fsp3) is 0.562. The van der Waals surface area contributed by atoms with Crippen LogP contribution >= 0.6 is 24.0 Å². The maximum Gasteiger partial charge on any atom is 0.253 e. The van der Waals surface area contributed by atoms with E-state index in [0.29, 0.717) is 16.5 Å². The van der Waals surface area contributed by atoms with Crippen LogP contribution < -0.4 is 0 Å².